The van der Waals surface area contributed by atoms with Gasteiger partial charge in [0.05, 0.1) is 19.3 Å². The first-order chi connectivity index (χ1) is 16.6. The summed E-state index contributed by atoms with van der Waals surface area (Å²) in [7, 11) is 1.13. The highest BCUT2D eigenvalue weighted by Crippen LogP contribution is 2.35. The fourth-order valence-corrected chi connectivity index (χ4v) is 3.99. The predicted molar refractivity (Wildman–Crippen MR) is 114 cm³/mol. The van der Waals surface area contributed by atoms with E-state index in [-0.39, 0.29) is 45.2 Å². The van der Waals surface area contributed by atoms with Crippen LogP contribution in [0.1, 0.15) is 48.8 Å². The molecule has 0 aliphatic rings. The Bertz CT molecular complexity index is 1280. The molecule has 13 heteroatoms. The summed E-state index contributed by atoms with van der Waals surface area (Å²) in [5.74, 6) is -10.8. The number of thiophene rings is 1. The van der Waals surface area contributed by atoms with Crippen LogP contribution in [-0.4, -0.2) is 31.6 Å². The zero-order chi connectivity index (χ0) is 25.9. The van der Waals surface area contributed by atoms with Crippen molar-refractivity contribution in [1.29, 1.82) is 0 Å². The number of amides is 1. The van der Waals surface area contributed by atoms with Crippen molar-refractivity contribution in [2.45, 2.75) is 20.5 Å². The minimum absolute atomic E-state index is 0.00372. The first-order valence-electron chi connectivity index (χ1n) is 9.83. The van der Waals surface area contributed by atoms with Crippen LogP contribution >= 0.6 is 11.3 Å². The smallest absolute Gasteiger partial charge is 0.348 e. The Balaban J connectivity index is 1.79. The van der Waals surface area contributed by atoms with Crippen molar-refractivity contribution in [3.8, 4) is 5.75 Å². The number of carbonyl (C=O) groups is 3. The summed E-state index contributed by atoms with van der Waals surface area (Å²) >= 11 is 0.793. The molecule has 0 unspecified atom stereocenters. The maximum absolute atomic E-state index is 13.7. The molecule has 0 saturated carbocycles. The Hall–Kier alpha value is -3.87. The van der Waals surface area contributed by atoms with Crippen LogP contribution < -0.4 is 10.1 Å². The van der Waals surface area contributed by atoms with Crippen molar-refractivity contribution < 1.29 is 50.6 Å². The van der Waals surface area contributed by atoms with Gasteiger partial charge in [0, 0.05) is 6.07 Å². The monoisotopic (exact) mass is 515 g/mol. The second kappa shape index (κ2) is 10.6. The zero-order valence-electron chi connectivity index (χ0n) is 18.4. The van der Waals surface area contributed by atoms with Crippen LogP contribution in [0.4, 0.5) is 22.6 Å². The lowest BCUT2D eigenvalue weighted by molar-refractivity contribution is 0.0531. The second-order valence-corrected chi connectivity index (χ2v) is 7.80. The molecule has 0 spiro atoms. The standard InChI is InChI=1S/C22H17F4NO7S/c1-4-32-22(30)18-9(2)14(21(29)31-3)20(35-18)27-19(28)13-6-5-10(34-13)8-33-17-15(25)11(23)7-12(24)16(17)26/h5-7H,4,8H2,1-3H3,(H,27,28). The van der Waals surface area contributed by atoms with E-state index in [0.717, 1.165) is 18.4 Å². The van der Waals surface area contributed by atoms with Crippen molar-refractivity contribution in [2.75, 3.05) is 19.0 Å². The highest BCUT2D eigenvalue weighted by atomic mass is 32.1. The number of ether oxygens (including phenoxy) is 3. The van der Waals surface area contributed by atoms with Gasteiger partial charge >= 0.3 is 11.9 Å². The van der Waals surface area contributed by atoms with Gasteiger partial charge in [-0.3, -0.25) is 4.79 Å². The van der Waals surface area contributed by atoms with Crippen LogP contribution in [0.25, 0.3) is 0 Å². The third-order valence-electron chi connectivity index (χ3n) is 4.54. The second-order valence-electron chi connectivity index (χ2n) is 6.78. The van der Waals surface area contributed by atoms with Gasteiger partial charge in [-0.05, 0) is 31.5 Å². The molecule has 3 aromatic rings. The molecule has 0 saturated heterocycles. The van der Waals surface area contributed by atoms with Gasteiger partial charge in [-0.1, -0.05) is 0 Å². The zero-order valence-corrected chi connectivity index (χ0v) is 19.2. The van der Waals surface area contributed by atoms with Crippen molar-refractivity contribution >= 4 is 34.2 Å². The first-order valence-corrected chi connectivity index (χ1v) is 10.6. The van der Waals surface area contributed by atoms with Gasteiger partial charge < -0.3 is 23.9 Å². The molecule has 0 aliphatic carbocycles. The summed E-state index contributed by atoms with van der Waals surface area (Å²) in [5.41, 5.74) is 0.193. The number of benzene rings is 1. The van der Waals surface area contributed by atoms with Crippen LogP contribution in [0, 0.1) is 30.2 Å². The molecule has 1 N–H and O–H groups in total. The van der Waals surface area contributed by atoms with Crippen LogP contribution in [0.5, 0.6) is 5.75 Å². The van der Waals surface area contributed by atoms with Gasteiger partial charge in [0.15, 0.2) is 23.1 Å². The molecule has 0 aliphatic heterocycles. The van der Waals surface area contributed by atoms with E-state index < -0.39 is 53.5 Å². The Morgan fingerprint density at radius 1 is 1.06 bits per heavy atom. The number of halogens is 4. The summed E-state index contributed by atoms with van der Waals surface area (Å²) in [6, 6.07) is 2.46. The fourth-order valence-electron chi connectivity index (χ4n) is 2.90. The topological polar surface area (TPSA) is 104 Å². The lowest BCUT2D eigenvalue weighted by atomic mass is 10.1. The summed E-state index contributed by atoms with van der Waals surface area (Å²) in [6.07, 6.45) is 0. The van der Waals surface area contributed by atoms with Gasteiger partial charge in [-0.25, -0.2) is 18.4 Å². The Morgan fingerprint density at radius 2 is 1.71 bits per heavy atom. The van der Waals surface area contributed by atoms with E-state index in [1.165, 1.54) is 19.1 Å². The molecule has 0 fully saturated rings. The molecule has 3 rings (SSSR count). The number of anilines is 1. The lowest BCUT2D eigenvalue weighted by Gasteiger charge is -2.08. The summed E-state index contributed by atoms with van der Waals surface area (Å²) < 4.78 is 73.8. The Kier molecular flexibility index (Phi) is 7.79. The van der Waals surface area contributed by atoms with Crippen molar-refractivity contribution in [1.82, 2.24) is 0 Å². The van der Waals surface area contributed by atoms with E-state index >= 15 is 0 Å². The molecule has 1 aromatic carbocycles. The number of furan rings is 1. The Labute approximate surface area is 199 Å². The van der Waals surface area contributed by atoms with Crippen molar-refractivity contribution in [3.63, 3.8) is 0 Å². The fraction of sp³-hybridized carbons (Fsp3) is 0.227. The number of rotatable bonds is 8. The van der Waals surface area contributed by atoms with E-state index in [2.05, 4.69) is 5.32 Å². The predicted octanol–water partition coefficient (Wildman–Crippen LogP) is 5.00. The third kappa shape index (κ3) is 5.29. The molecule has 1 amide bonds. The summed E-state index contributed by atoms with van der Waals surface area (Å²) in [5, 5.41) is 2.43. The molecular weight excluding hydrogens is 498 g/mol. The quantitative estimate of drug-likeness (QED) is 0.256. The maximum Gasteiger partial charge on any atom is 0.348 e. The third-order valence-corrected chi connectivity index (χ3v) is 5.73. The van der Waals surface area contributed by atoms with E-state index in [9.17, 15) is 31.9 Å². The largest absolute Gasteiger partial charge is 0.479 e. The maximum atomic E-state index is 13.7. The molecule has 2 heterocycles. The molecule has 8 nitrogen and oxygen atoms in total. The SMILES string of the molecule is CCOC(=O)c1sc(NC(=O)c2ccc(COc3c(F)c(F)cc(F)c3F)o2)c(C(=O)OC)c1C. The minimum atomic E-state index is -1.73. The van der Waals surface area contributed by atoms with Crippen LogP contribution in [0.15, 0.2) is 22.6 Å². The van der Waals surface area contributed by atoms with Crippen LogP contribution in [0.3, 0.4) is 0 Å². The molecule has 2 aromatic heterocycles. The van der Waals surface area contributed by atoms with E-state index in [1.807, 2.05) is 0 Å². The molecule has 186 valence electrons. The summed E-state index contributed by atoms with van der Waals surface area (Å²) in [4.78, 5) is 37.1. The normalized spacial score (nSPS) is 10.7. The first kappa shape index (κ1) is 25.7. The minimum Gasteiger partial charge on any atom is -0.479 e. The molecule has 0 atom stereocenters. The number of esters is 2. The highest BCUT2D eigenvalue weighted by molar-refractivity contribution is 7.18. The van der Waals surface area contributed by atoms with Gasteiger partial charge in [-0.15, -0.1) is 11.3 Å². The number of carbonyl (C=O) groups excluding carboxylic acids is 3. The molecule has 0 bridgehead atoms. The summed E-state index contributed by atoms with van der Waals surface area (Å²) in [6.45, 7) is 2.53. The lowest BCUT2D eigenvalue weighted by Crippen LogP contribution is -2.13. The van der Waals surface area contributed by atoms with Crippen LogP contribution in [-0.2, 0) is 16.1 Å². The molecule has 0 radical (unpaired) electrons. The number of methoxy groups -OCH3 is 1. The van der Waals surface area contributed by atoms with Gasteiger partial charge in [0.1, 0.15) is 22.2 Å². The van der Waals surface area contributed by atoms with Gasteiger partial charge in [0.2, 0.25) is 11.6 Å². The number of nitrogens with one attached hydrogen (secondary N) is 1. The Morgan fingerprint density at radius 3 is 2.31 bits per heavy atom. The van der Waals surface area contributed by atoms with Gasteiger partial charge in [-0.2, -0.15) is 8.78 Å². The number of hydrogen-bond donors (Lipinski definition) is 1. The van der Waals surface area contributed by atoms with Gasteiger partial charge in [0.25, 0.3) is 5.91 Å². The van der Waals surface area contributed by atoms with E-state index in [0.29, 0.717) is 0 Å². The van der Waals surface area contributed by atoms with Crippen molar-refractivity contribution in [3.05, 3.63) is 69.0 Å². The van der Waals surface area contributed by atoms with E-state index in [1.54, 1.807) is 6.92 Å². The van der Waals surface area contributed by atoms with Crippen LogP contribution in [0.2, 0.25) is 0 Å². The molecule has 35 heavy (non-hydrogen) atoms. The number of hydrogen-bond acceptors (Lipinski definition) is 8. The van der Waals surface area contributed by atoms with Crippen molar-refractivity contribution in [2.24, 2.45) is 0 Å². The molecular formula is C22H17F4NO7S. The highest BCUT2D eigenvalue weighted by Gasteiger charge is 2.28. The average Bonchev–Trinajstić information content (AvgIpc) is 3.42. The van der Waals surface area contributed by atoms with E-state index in [4.69, 9.17) is 18.6 Å². The average molecular weight is 515 g/mol.